The molecule has 17 heavy (non-hydrogen) atoms. The van der Waals surface area contributed by atoms with E-state index in [0.29, 0.717) is 11.5 Å². The van der Waals surface area contributed by atoms with E-state index >= 15 is 0 Å². The Morgan fingerprint density at radius 3 is 3.00 bits per heavy atom. The molecular weight excluding hydrogens is 216 g/mol. The highest BCUT2D eigenvalue weighted by Gasteiger charge is 2.26. The number of nitrogens with two attached hydrogens (primary N) is 2. The van der Waals surface area contributed by atoms with Crippen molar-refractivity contribution in [3.63, 3.8) is 0 Å². The molecule has 0 saturated carbocycles. The molecular formula is C12H18N4O. The summed E-state index contributed by atoms with van der Waals surface area (Å²) >= 11 is 0. The van der Waals surface area contributed by atoms with Crippen LogP contribution in [-0.2, 0) is 0 Å². The largest absolute Gasteiger partial charge is 0.366 e. The van der Waals surface area contributed by atoms with Crippen molar-refractivity contribution in [1.82, 2.24) is 4.98 Å². The number of amides is 1. The summed E-state index contributed by atoms with van der Waals surface area (Å²) in [7, 11) is 0. The third-order valence-electron chi connectivity index (χ3n) is 3.32. The summed E-state index contributed by atoms with van der Waals surface area (Å²) in [6.07, 6.45) is 2.69. The molecule has 1 saturated heterocycles. The first-order valence-electron chi connectivity index (χ1n) is 5.84. The zero-order chi connectivity index (χ0) is 12.4. The Morgan fingerprint density at radius 1 is 1.65 bits per heavy atom. The molecule has 1 amide bonds. The van der Waals surface area contributed by atoms with Crippen LogP contribution in [0.2, 0.25) is 0 Å². The number of pyridine rings is 1. The molecule has 1 aliphatic rings. The standard InChI is InChI=1S/C12H18N4O/c1-8(13)10-3-5-16(7-10)11-6-9(12(14)17)2-4-15-11/h2,4,6,8,10H,3,5,7,13H2,1H3,(H2,14,17). The van der Waals surface area contributed by atoms with E-state index in [1.807, 2.05) is 6.92 Å². The molecule has 5 heteroatoms. The fourth-order valence-electron chi connectivity index (χ4n) is 2.17. The summed E-state index contributed by atoms with van der Waals surface area (Å²) < 4.78 is 0. The lowest BCUT2D eigenvalue weighted by Gasteiger charge is -2.19. The maximum atomic E-state index is 11.1. The van der Waals surface area contributed by atoms with Crippen molar-refractivity contribution < 1.29 is 4.79 Å². The fraction of sp³-hybridized carbons (Fsp3) is 0.500. The van der Waals surface area contributed by atoms with E-state index in [0.717, 1.165) is 25.3 Å². The van der Waals surface area contributed by atoms with E-state index < -0.39 is 5.91 Å². The summed E-state index contributed by atoms with van der Waals surface area (Å²) in [6.45, 7) is 3.86. The van der Waals surface area contributed by atoms with Gasteiger partial charge in [0.25, 0.3) is 0 Å². The summed E-state index contributed by atoms with van der Waals surface area (Å²) in [4.78, 5) is 17.5. The van der Waals surface area contributed by atoms with Crippen molar-refractivity contribution >= 4 is 11.7 Å². The number of primary amides is 1. The highest BCUT2D eigenvalue weighted by Crippen LogP contribution is 2.23. The van der Waals surface area contributed by atoms with Crippen LogP contribution in [0.15, 0.2) is 18.3 Å². The van der Waals surface area contributed by atoms with Crippen LogP contribution >= 0.6 is 0 Å². The van der Waals surface area contributed by atoms with Crippen LogP contribution in [0.25, 0.3) is 0 Å². The van der Waals surface area contributed by atoms with E-state index in [-0.39, 0.29) is 6.04 Å². The number of rotatable bonds is 3. The minimum Gasteiger partial charge on any atom is -0.366 e. The Bertz CT molecular complexity index is 419. The minimum atomic E-state index is -0.420. The van der Waals surface area contributed by atoms with E-state index in [4.69, 9.17) is 11.5 Å². The minimum absolute atomic E-state index is 0.194. The van der Waals surface area contributed by atoms with Gasteiger partial charge >= 0.3 is 0 Å². The first kappa shape index (κ1) is 11.9. The van der Waals surface area contributed by atoms with Crippen LogP contribution in [-0.4, -0.2) is 30.0 Å². The van der Waals surface area contributed by atoms with Gasteiger partial charge in [-0.3, -0.25) is 4.79 Å². The molecule has 0 aliphatic carbocycles. The maximum absolute atomic E-state index is 11.1. The second-order valence-electron chi connectivity index (χ2n) is 4.62. The molecule has 1 aromatic rings. The highest BCUT2D eigenvalue weighted by atomic mass is 16.1. The van der Waals surface area contributed by atoms with Crippen molar-refractivity contribution in [2.75, 3.05) is 18.0 Å². The van der Waals surface area contributed by atoms with Crippen LogP contribution in [0.1, 0.15) is 23.7 Å². The van der Waals surface area contributed by atoms with Gasteiger partial charge in [0, 0.05) is 30.9 Å². The van der Waals surface area contributed by atoms with Crippen molar-refractivity contribution in [1.29, 1.82) is 0 Å². The Kier molecular flexibility index (Phi) is 3.28. The summed E-state index contributed by atoms with van der Waals surface area (Å²) in [5.74, 6) is 0.884. The van der Waals surface area contributed by atoms with Gasteiger partial charge in [0.2, 0.25) is 5.91 Å². The predicted molar refractivity (Wildman–Crippen MR) is 66.7 cm³/mol. The lowest BCUT2D eigenvalue weighted by Crippen LogP contribution is -2.30. The van der Waals surface area contributed by atoms with Crippen LogP contribution in [0.4, 0.5) is 5.82 Å². The van der Waals surface area contributed by atoms with Crippen molar-refractivity contribution in [3.05, 3.63) is 23.9 Å². The van der Waals surface area contributed by atoms with Crippen LogP contribution in [0, 0.1) is 5.92 Å². The lowest BCUT2D eigenvalue weighted by atomic mass is 10.0. The number of aromatic nitrogens is 1. The van der Waals surface area contributed by atoms with Gasteiger partial charge in [0.15, 0.2) is 0 Å². The molecule has 2 unspecified atom stereocenters. The van der Waals surface area contributed by atoms with Crippen molar-refractivity contribution in [2.45, 2.75) is 19.4 Å². The molecule has 2 rings (SSSR count). The number of hydrogen-bond acceptors (Lipinski definition) is 4. The molecule has 2 atom stereocenters. The topological polar surface area (TPSA) is 85.2 Å². The van der Waals surface area contributed by atoms with Gasteiger partial charge in [-0.1, -0.05) is 0 Å². The molecule has 0 radical (unpaired) electrons. The van der Waals surface area contributed by atoms with E-state index in [1.165, 1.54) is 0 Å². The molecule has 2 heterocycles. The van der Waals surface area contributed by atoms with Gasteiger partial charge in [0.05, 0.1) is 0 Å². The Hall–Kier alpha value is -1.62. The first-order chi connectivity index (χ1) is 8.08. The molecule has 0 bridgehead atoms. The summed E-state index contributed by atoms with van der Waals surface area (Å²) in [5.41, 5.74) is 11.6. The number of carbonyl (C=O) groups excluding carboxylic acids is 1. The van der Waals surface area contributed by atoms with Crippen molar-refractivity contribution in [3.8, 4) is 0 Å². The molecule has 0 aromatic carbocycles. The highest BCUT2D eigenvalue weighted by molar-refractivity contribution is 5.93. The summed E-state index contributed by atoms with van der Waals surface area (Å²) in [5, 5.41) is 0. The van der Waals surface area contributed by atoms with E-state index in [2.05, 4.69) is 9.88 Å². The fourth-order valence-corrected chi connectivity index (χ4v) is 2.17. The van der Waals surface area contributed by atoms with Gasteiger partial charge in [-0.25, -0.2) is 4.98 Å². The average Bonchev–Trinajstić information content (AvgIpc) is 2.78. The predicted octanol–water partition coefficient (Wildman–Crippen LogP) is 0.354. The lowest BCUT2D eigenvalue weighted by molar-refractivity contribution is 0.1000. The van der Waals surface area contributed by atoms with Gasteiger partial charge in [-0.15, -0.1) is 0 Å². The molecule has 4 N–H and O–H groups in total. The Balaban J connectivity index is 2.13. The van der Waals surface area contributed by atoms with Crippen LogP contribution in [0.5, 0.6) is 0 Å². The SMILES string of the molecule is CC(N)C1CCN(c2cc(C(N)=O)ccn2)C1. The normalized spacial score (nSPS) is 21.5. The quantitative estimate of drug-likeness (QED) is 0.790. The number of hydrogen-bond donors (Lipinski definition) is 2. The van der Waals surface area contributed by atoms with Gasteiger partial charge < -0.3 is 16.4 Å². The Morgan fingerprint density at radius 2 is 2.41 bits per heavy atom. The van der Waals surface area contributed by atoms with Crippen LogP contribution in [0.3, 0.4) is 0 Å². The molecule has 0 spiro atoms. The van der Waals surface area contributed by atoms with Gasteiger partial charge in [-0.2, -0.15) is 0 Å². The van der Waals surface area contributed by atoms with E-state index in [1.54, 1.807) is 18.3 Å². The smallest absolute Gasteiger partial charge is 0.248 e. The zero-order valence-electron chi connectivity index (χ0n) is 9.97. The zero-order valence-corrected chi connectivity index (χ0v) is 9.97. The van der Waals surface area contributed by atoms with E-state index in [9.17, 15) is 4.79 Å². The molecule has 5 nitrogen and oxygen atoms in total. The maximum Gasteiger partial charge on any atom is 0.248 e. The molecule has 92 valence electrons. The third kappa shape index (κ3) is 2.55. The van der Waals surface area contributed by atoms with Gasteiger partial charge in [0.1, 0.15) is 5.82 Å². The van der Waals surface area contributed by atoms with Crippen molar-refractivity contribution in [2.24, 2.45) is 17.4 Å². The number of nitrogens with zero attached hydrogens (tertiary/aromatic N) is 2. The second kappa shape index (κ2) is 4.71. The number of carbonyl (C=O) groups is 1. The first-order valence-corrected chi connectivity index (χ1v) is 5.84. The molecule has 1 aliphatic heterocycles. The third-order valence-corrected chi connectivity index (χ3v) is 3.32. The summed E-state index contributed by atoms with van der Waals surface area (Å²) in [6, 6.07) is 3.57. The monoisotopic (exact) mass is 234 g/mol. The second-order valence-corrected chi connectivity index (χ2v) is 4.62. The molecule has 1 fully saturated rings. The number of anilines is 1. The molecule has 1 aromatic heterocycles. The van der Waals surface area contributed by atoms with Crippen LogP contribution < -0.4 is 16.4 Å². The Labute approximate surface area is 101 Å². The van der Waals surface area contributed by atoms with Gasteiger partial charge in [-0.05, 0) is 31.4 Å². The average molecular weight is 234 g/mol.